The summed E-state index contributed by atoms with van der Waals surface area (Å²) in [6.07, 6.45) is 2.93. The van der Waals surface area contributed by atoms with Gasteiger partial charge >= 0.3 is 0 Å². The molecule has 25 heavy (non-hydrogen) atoms. The summed E-state index contributed by atoms with van der Waals surface area (Å²) in [6.45, 7) is 1.86. The molecule has 0 spiro atoms. The van der Waals surface area contributed by atoms with E-state index in [1.165, 1.54) is 12.5 Å². The lowest BCUT2D eigenvalue weighted by atomic mass is 10.1. The molecule has 0 saturated heterocycles. The number of nitrogens with one attached hydrogen (secondary N) is 3. The maximum atomic E-state index is 12.0. The molecule has 1 amide bonds. The van der Waals surface area contributed by atoms with Crippen LogP contribution in [0.5, 0.6) is 0 Å². The molecule has 0 bridgehead atoms. The predicted molar refractivity (Wildman–Crippen MR) is 89.2 cm³/mol. The number of nitriles is 1. The number of furan rings is 1. The fourth-order valence-corrected chi connectivity index (χ4v) is 2.06. The minimum Gasteiger partial charge on any atom is -0.459 e. The van der Waals surface area contributed by atoms with Gasteiger partial charge in [-0.05, 0) is 48.0 Å². The molecule has 0 saturated carbocycles. The summed E-state index contributed by atoms with van der Waals surface area (Å²) in [6, 6.07) is 10.6. The van der Waals surface area contributed by atoms with Crippen LogP contribution < -0.4 is 10.6 Å². The summed E-state index contributed by atoms with van der Waals surface area (Å²) < 4.78 is 5.06. The summed E-state index contributed by atoms with van der Waals surface area (Å²) in [7, 11) is 0. The molecule has 0 atom stereocenters. The Morgan fingerprint density at radius 1 is 1.40 bits per heavy atom. The van der Waals surface area contributed by atoms with E-state index in [4.69, 9.17) is 9.68 Å². The van der Waals surface area contributed by atoms with Crippen molar-refractivity contribution in [1.82, 2.24) is 20.6 Å². The summed E-state index contributed by atoms with van der Waals surface area (Å²) >= 11 is 0. The molecular formula is C16H13N7O2. The van der Waals surface area contributed by atoms with E-state index in [1.54, 1.807) is 24.3 Å². The number of H-pyrrole nitrogens is 1. The van der Waals surface area contributed by atoms with E-state index in [2.05, 4.69) is 31.3 Å². The molecule has 9 heteroatoms. The lowest BCUT2D eigenvalue weighted by Gasteiger charge is -2.09. The number of anilines is 2. The topological polar surface area (TPSA) is 133 Å². The minimum atomic E-state index is -0.322. The highest BCUT2D eigenvalue weighted by molar-refractivity contribution is 6.02. The molecule has 3 N–H and O–H groups in total. The van der Waals surface area contributed by atoms with Gasteiger partial charge in [-0.15, -0.1) is 10.2 Å². The molecule has 0 aliphatic heterocycles. The maximum Gasteiger partial charge on any atom is 0.291 e. The van der Waals surface area contributed by atoms with Gasteiger partial charge in [0.1, 0.15) is 11.6 Å². The normalized spacial score (nSPS) is 11.0. The van der Waals surface area contributed by atoms with E-state index in [9.17, 15) is 4.79 Å². The zero-order chi connectivity index (χ0) is 17.6. The largest absolute Gasteiger partial charge is 0.459 e. The zero-order valence-electron chi connectivity index (χ0n) is 13.1. The number of aromatic nitrogens is 4. The summed E-state index contributed by atoms with van der Waals surface area (Å²) in [5, 5.41) is 28.1. The van der Waals surface area contributed by atoms with Crippen molar-refractivity contribution in [2.45, 2.75) is 6.92 Å². The third-order valence-electron chi connectivity index (χ3n) is 3.31. The third kappa shape index (κ3) is 3.70. The number of hydrogen-bond acceptors (Lipinski definition) is 7. The Morgan fingerprint density at radius 3 is 2.92 bits per heavy atom. The number of tetrazole rings is 1. The SMILES string of the molecule is Cc1cc(NC=C(C#N)c2nn[nH]n2)ccc1NC(=O)c1ccco1. The van der Waals surface area contributed by atoms with Crippen molar-refractivity contribution in [2.24, 2.45) is 0 Å². The van der Waals surface area contributed by atoms with Crippen LogP contribution in [0.25, 0.3) is 5.57 Å². The van der Waals surface area contributed by atoms with Crippen molar-refractivity contribution in [3.05, 3.63) is 59.9 Å². The lowest BCUT2D eigenvalue weighted by molar-refractivity contribution is 0.0996. The molecule has 2 heterocycles. The molecule has 0 aliphatic carbocycles. The highest BCUT2D eigenvalue weighted by Crippen LogP contribution is 2.21. The fraction of sp³-hybridized carbons (Fsp3) is 0.0625. The second-order valence-corrected chi connectivity index (χ2v) is 5.01. The molecule has 0 fully saturated rings. The number of aromatic amines is 1. The van der Waals surface area contributed by atoms with Gasteiger partial charge in [-0.3, -0.25) is 4.79 Å². The average Bonchev–Trinajstić information content (AvgIpc) is 3.31. The van der Waals surface area contributed by atoms with E-state index in [0.717, 1.165) is 11.3 Å². The van der Waals surface area contributed by atoms with E-state index in [1.807, 2.05) is 19.1 Å². The van der Waals surface area contributed by atoms with Gasteiger partial charge in [0.2, 0.25) is 5.82 Å². The second kappa shape index (κ2) is 7.10. The zero-order valence-corrected chi connectivity index (χ0v) is 13.1. The first-order valence-corrected chi connectivity index (χ1v) is 7.23. The quantitative estimate of drug-likeness (QED) is 0.609. The van der Waals surface area contributed by atoms with Gasteiger partial charge in [0, 0.05) is 17.6 Å². The van der Waals surface area contributed by atoms with E-state index >= 15 is 0 Å². The first kappa shape index (κ1) is 15.9. The number of benzene rings is 1. The molecule has 0 radical (unpaired) electrons. The average molecular weight is 335 g/mol. The number of aryl methyl sites for hydroxylation is 1. The third-order valence-corrected chi connectivity index (χ3v) is 3.31. The number of allylic oxidation sites excluding steroid dienone is 1. The Labute approximate surface area is 142 Å². The van der Waals surface area contributed by atoms with E-state index in [0.29, 0.717) is 5.69 Å². The van der Waals surface area contributed by atoms with Gasteiger partial charge in [0.05, 0.1) is 6.26 Å². The van der Waals surface area contributed by atoms with Crippen molar-refractivity contribution >= 4 is 22.9 Å². The minimum absolute atomic E-state index is 0.203. The standard InChI is InChI=1S/C16H13N7O2/c1-10-7-12(18-9-11(8-17)15-20-22-23-21-15)4-5-13(10)19-16(24)14-3-2-6-25-14/h2-7,9,18H,1H3,(H,19,24)(H,20,21,22,23). The predicted octanol–water partition coefficient (Wildman–Crippen LogP) is 2.33. The molecule has 3 rings (SSSR count). The Balaban J connectivity index is 1.72. The number of carbonyl (C=O) groups excluding carboxylic acids is 1. The lowest BCUT2D eigenvalue weighted by Crippen LogP contribution is -2.11. The highest BCUT2D eigenvalue weighted by Gasteiger charge is 2.10. The van der Waals surface area contributed by atoms with Crippen molar-refractivity contribution < 1.29 is 9.21 Å². The smallest absolute Gasteiger partial charge is 0.291 e. The van der Waals surface area contributed by atoms with Crippen LogP contribution in [0, 0.1) is 18.3 Å². The summed E-state index contributed by atoms with van der Waals surface area (Å²) in [5.41, 5.74) is 2.48. The Bertz CT molecular complexity index is 938. The molecule has 0 aliphatic rings. The summed E-state index contributed by atoms with van der Waals surface area (Å²) in [4.78, 5) is 12.0. The van der Waals surface area contributed by atoms with Crippen LogP contribution in [0.4, 0.5) is 11.4 Å². The van der Waals surface area contributed by atoms with Gasteiger partial charge in [0.15, 0.2) is 5.76 Å². The fourth-order valence-electron chi connectivity index (χ4n) is 2.06. The van der Waals surface area contributed by atoms with Crippen LogP contribution in [0.1, 0.15) is 21.9 Å². The molecule has 9 nitrogen and oxygen atoms in total. The molecule has 0 unspecified atom stereocenters. The van der Waals surface area contributed by atoms with Crippen LogP contribution in [0.3, 0.4) is 0 Å². The van der Waals surface area contributed by atoms with Crippen molar-refractivity contribution in [1.29, 1.82) is 5.26 Å². The highest BCUT2D eigenvalue weighted by atomic mass is 16.3. The maximum absolute atomic E-state index is 12.0. The molecule has 2 aromatic heterocycles. The van der Waals surface area contributed by atoms with Crippen LogP contribution in [0.2, 0.25) is 0 Å². The van der Waals surface area contributed by atoms with Gasteiger partial charge in [-0.1, -0.05) is 0 Å². The van der Waals surface area contributed by atoms with Crippen molar-refractivity contribution in [2.75, 3.05) is 10.6 Å². The van der Waals surface area contributed by atoms with Gasteiger partial charge in [-0.2, -0.15) is 10.5 Å². The molecule has 3 aromatic rings. The molecule has 124 valence electrons. The second-order valence-electron chi connectivity index (χ2n) is 5.01. The van der Waals surface area contributed by atoms with Gasteiger partial charge in [-0.25, -0.2) is 0 Å². The van der Waals surface area contributed by atoms with Crippen molar-refractivity contribution in [3.8, 4) is 6.07 Å². The van der Waals surface area contributed by atoms with E-state index in [-0.39, 0.29) is 23.1 Å². The number of amides is 1. The Hall–Kier alpha value is -3.93. The summed E-state index contributed by atoms with van der Waals surface area (Å²) in [5.74, 6) is 0.120. The number of rotatable bonds is 5. The van der Waals surface area contributed by atoms with Crippen LogP contribution in [-0.2, 0) is 0 Å². The molecule has 1 aromatic carbocycles. The Morgan fingerprint density at radius 2 is 2.28 bits per heavy atom. The number of nitrogens with zero attached hydrogens (tertiary/aromatic N) is 4. The first-order chi connectivity index (χ1) is 12.2. The van der Waals surface area contributed by atoms with E-state index < -0.39 is 0 Å². The van der Waals surface area contributed by atoms with Crippen LogP contribution >= 0.6 is 0 Å². The number of carbonyl (C=O) groups is 1. The monoisotopic (exact) mass is 335 g/mol. The molecular weight excluding hydrogens is 322 g/mol. The van der Waals surface area contributed by atoms with Gasteiger partial charge in [0.25, 0.3) is 5.91 Å². The Kier molecular flexibility index (Phi) is 4.53. The van der Waals surface area contributed by atoms with Crippen LogP contribution in [0.15, 0.2) is 47.2 Å². The number of hydrogen-bond donors (Lipinski definition) is 3. The van der Waals surface area contributed by atoms with Crippen molar-refractivity contribution in [3.63, 3.8) is 0 Å². The first-order valence-electron chi connectivity index (χ1n) is 7.23. The van der Waals surface area contributed by atoms with Crippen LogP contribution in [-0.4, -0.2) is 26.5 Å². The van der Waals surface area contributed by atoms with Gasteiger partial charge < -0.3 is 15.1 Å².